The molecule has 3 N–H and O–H groups in total. The Bertz CT molecular complexity index is 1550. The van der Waals surface area contributed by atoms with Gasteiger partial charge in [-0.3, -0.25) is 9.48 Å². The summed E-state index contributed by atoms with van der Waals surface area (Å²) in [6.45, 7) is 9.98. The van der Waals surface area contributed by atoms with Gasteiger partial charge in [-0.25, -0.2) is 4.98 Å². The van der Waals surface area contributed by atoms with Gasteiger partial charge in [-0.15, -0.1) is 0 Å². The molecule has 0 amide bonds. The molecule has 49 heavy (non-hydrogen) atoms. The molecule has 1 aromatic carbocycles. The number of nitrogens with one attached hydrogen (secondary N) is 2. The topological polar surface area (TPSA) is 117 Å². The summed E-state index contributed by atoms with van der Waals surface area (Å²) in [5.41, 5.74) is 5.21. The molecule has 3 fully saturated rings. The number of ether oxygens (including phenoxy) is 1. The Morgan fingerprint density at radius 2 is 1.92 bits per heavy atom. The number of aliphatic carboxylic acids is 1. The van der Waals surface area contributed by atoms with Gasteiger partial charge in [0, 0.05) is 55.0 Å². The molecule has 4 atom stereocenters. The second-order valence-electron chi connectivity index (χ2n) is 15.2. The van der Waals surface area contributed by atoms with Gasteiger partial charge in [0.2, 0.25) is 5.95 Å². The van der Waals surface area contributed by atoms with Crippen LogP contribution in [0.2, 0.25) is 0 Å². The predicted molar refractivity (Wildman–Crippen MR) is 192 cm³/mol. The predicted octanol–water partition coefficient (Wildman–Crippen LogP) is 6.70. The van der Waals surface area contributed by atoms with E-state index < -0.39 is 5.97 Å². The monoisotopic (exact) mass is 669 g/mol. The summed E-state index contributed by atoms with van der Waals surface area (Å²) in [5.74, 6) is 1.59. The number of aryl methyl sites for hydroxylation is 2. The summed E-state index contributed by atoms with van der Waals surface area (Å²) >= 11 is 0. The van der Waals surface area contributed by atoms with Gasteiger partial charge in [0.15, 0.2) is 0 Å². The van der Waals surface area contributed by atoms with Crippen molar-refractivity contribution < 1.29 is 14.6 Å². The van der Waals surface area contributed by atoms with E-state index in [0.717, 1.165) is 109 Å². The summed E-state index contributed by atoms with van der Waals surface area (Å²) in [5, 5.41) is 22.0. The minimum Gasteiger partial charge on any atom is -0.481 e. The van der Waals surface area contributed by atoms with E-state index in [1.807, 2.05) is 10.9 Å². The van der Waals surface area contributed by atoms with Crippen LogP contribution in [0.3, 0.4) is 0 Å². The molecule has 2 aliphatic heterocycles. The quantitative estimate of drug-likeness (QED) is 0.194. The van der Waals surface area contributed by atoms with E-state index in [4.69, 9.17) is 19.8 Å². The number of fused-ring (bicyclic) bond motifs is 1. The van der Waals surface area contributed by atoms with Gasteiger partial charge in [0.05, 0.1) is 30.5 Å². The summed E-state index contributed by atoms with van der Waals surface area (Å²) in [7, 11) is 0. The van der Waals surface area contributed by atoms with E-state index in [2.05, 4.69) is 65.9 Å². The van der Waals surface area contributed by atoms with Crippen LogP contribution in [0, 0.1) is 17.3 Å². The first-order valence-electron chi connectivity index (χ1n) is 18.9. The normalized spacial score (nSPS) is 27.0. The lowest BCUT2D eigenvalue weighted by atomic mass is 9.78. The van der Waals surface area contributed by atoms with Crippen LogP contribution in [0.1, 0.15) is 106 Å². The van der Waals surface area contributed by atoms with Crippen LogP contribution < -0.4 is 10.6 Å². The molecule has 1 spiro atoms. The summed E-state index contributed by atoms with van der Waals surface area (Å²) < 4.78 is 7.92. The Labute approximate surface area is 291 Å². The number of aromatic nitrogens is 4. The molecule has 10 heteroatoms. The maximum Gasteiger partial charge on any atom is 0.306 e. The van der Waals surface area contributed by atoms with Crippen LogP contribution in [0.15, 0.2) is 42.7 Å². The average Bonchev–Trinajstić information content (AvgIpc) is 3.80. The van der Waals surface area contributed by atoms with Gasteiger partial charge < -0.3 is 25.4 Å². The molecule has 0 bridgehead atoms. The first-order valence-corrected chi connectivity index (χ1v) is 18.9. The largest absolute Gasteiger partial charge is 0.481 e. The summed E-state index contributed by atoms with van der Waals surface area (Å²) in [6.07, 6.45) is 15.0. The zero-order chi connectivity index (χ0) is 33.8. The molecule has 4 heterocycles. The van der Waals surface area contributed by atoms with Crippen LogP contribution >= 0.6 is 0 Å². The number of piperidine rings is 1. The first-order chi connectivity index (χ1) is 23.9. The van der Waals surface area contributed by atoms with Crippen LogP contribution in [0.4, 0.5) is 11.8 Å². The van der Waals surface area contributed by atoms with Crippen molar-refractivity contribution in [2.24, 2.45) is 17.3 Å². The minimum absolute atomic E-state index is 0.0231. The van der Waals surface area contributed by atoms with Gasteiger partial charge in [-0.1, -0.05) is 37.3 Å². The van der Waals surface area contributed by atoms with E-state index >= 15 is 0 Å². The van der Waals surface area contributed by atoms with Crippen molar-refractivity contribution in [1.29, 1.82) is 0 Å². The van der Waals surface area contributed by atoms with E-state index in [9.17, 15) is 9.90 Å². The third kappa shape index (κ3) is 7.80. The number of anilines is 2. The van der Waals surface area contributed by atoms with Crippen molar-refractivity contribution in [2.45, 2.75) is 109 Å². The highest BCUT2D eigenvalue weighted by Crippen LogP contribution is 2.40. The van der Waals surface area contributed by atoms with Crippen molar-refractivity contribution in [3.8, 4) is 0 Å². The van der Waals surface area contributed by atoms with E-state index in [0.29, 0.717) is 17.8 Å². The number of carboxylic acids is 1. The van der Waals surface area contributed by atoms with Crippen molar-refractivity contribution in [2.75, 3.05) is 43.5 Å². The lowest BCUT2D eigenvalue weighted by molar-refractivity contribution is -0.143. The molecule has 2 saturated heterocycles. The zero-order valence-corrected chi connectivity index (χ0v) is 29.4. The molecular weight excluding hydrogens is 614 g/mol. The fraction of sp³-hybridized carbons (Fsp3) is 0.641. The van der Waals surface area contributed by atoms with E-state index in [1.165, 1.54) is 29.5 Å². The van der Waals surface area contributed by atoms with E-state index in [-0.39, 0.29) is 23.4 Å². The van der Waals surface area contributed by atoms with Gasteiger partial charge >= 0.3 is 5.97 Å². The highest BCUT2D eigenvalue weighted by molar-refractivity contribution is 5.70. The van der Waals surface area contributed by atoms with Crippen LogP contribution in [0.5, 0.6) is 0 Å². The number of benzene rings is 1. The van der Waals surface area contributed by atoms with Crippen molar-refractivity contribution in [1.82, 2.24) is 24.6 Å². The second kappa shape index (κ2) is 15.2. The van der Waals surface area contributed by atoms with Crippen LogP contribution in [-0.4, -0.2) is 74.6 Å². The number of carbonyl (C=O) groups is 1. The third-order valence-corrected chi connectivity index (χ3v) is 12.0. The van der Waals surface area contributed by atoms with Crippen molar-refractivity contribution >= 4 is 17.7 Å². The average molecular weight is 670 g/mol. The number of rotatable bonds is 12. The Kier molecular flexibility index (Phi) is 10.5. The Balaban J connectivity index is 1.19. The lowest BCUT2D eigenvalue weighted by Gasteiger charge is -2.41. The highest BCUT2D eigenvalue weighted by Gasteiger charge is 2.40. The van der Waals surface area contributed by atoms with Crippen molar-refractivity contribution in [3.63, 3.8) is 0 Å². The Hall–Kier alpha value is -3.50. The van der Waals surface area contributed by atoms with Gasteiger partial charge in [0.25, 0.3) is 0 Å². The fourth-order valence-electron chi connectivity index (χ4n) is 9.12. The third-order valence-electron chi connectivity index (χ3n) is 12.0. The number of hydrogen-bond donors (Lipinski definition) is 3. The van der Waals surface area contributed by atoms with Crippen LogP contribution in [0.25, 0.3) is 0 Å². The number of hydrogen-bond acceptors (Lipinski definition) is 8. The molecule has 2 aromatic heterocycles. The number of carboxylic acid groups (broad SMARTS) is 1. The molecule has 1 unspecified atom stereocenters. The van der Waals surface area contributed by atoms with Crippen LogP contribution in [-0.2, 0) is 28.9 Å². The van der Waals surface area contributed by atoms with E-state index in [1.54, 1.807) is 0 Å². The standard InChI is InChI=1S/C39H55N7O3/c1-3-33(28-11-13-29(14-12-28)37(47)48)42-38-43-34-16-15-30(27-9-6-5-7-10-27)21-32(34)36(44-38)41-35(31-22-40-46(4-2)23-31)24-45-19-8-17-39(25-45)18-20-49-26-39/h5-7,9-10,22-23,28-30,33,35H,3-4,8,11-21,24-26H2,1-2H3,(H,47,48)(H2,41,42,43,44)/t28?,29?,30-,33-,35+,39?/m1/s1. The molecule has 1 saturated carbocycles. The van der Waals surface area contributed by atoms with Gasteiger partial charge in [-0.05, 0) is 101 Å². The molecule has 10 nitrogen and oxygen atoms in total. The Morgan fingerprint density at radius 1 is 1.08 bits per heavy atom. The smallest absolute Gasteiger partial charge is 0.306 e. The second-order valence-corrected chi connectivity index (χ2v) is 15.2. The first kappa shape index (κ1) is 34.0. The summed E-state index contributed by atoms with van der Waals surface area (Å²) in [6, 6.07) is 11.1. The SMILES string of the molecule is CC[C@@H](Nc1nc2c(c(N[C@@H](CN3CCCC4(CCOC4)C3)c3cnn(CC)c3)n1)C[C@H](c1ccccc1)CC2)C1CCC(C(=O)O)CC1. The summed E-state index contributed by atoms with van der Waals surface area (Å²) in [4.78, 5) is 24.8. The highest BCUT2D eigenvalue weighted by atomic mass is 16.5. The fourth-order valence-corrected chi connectivity index (χ4v) is 9.12. The molecule has 4 aliphatic rings. The molecule has 2 aliphatic carbocycles. The molecule has 7 rings (SSSR count). The molecule has 0 radical (unpaired) electrons. The molecule has 3 aromatic rings. The number of likely N-dealkylation sites (tertiary alicyclic amines) is 1. The molecular formula is C39H55N7O3. The zero-order valence-electron chi connectivity index (χ0n) is 29.4. The number of nitrogens with zero attached hydrogens (tertiary/aromatic N) is 5. The Morgan fingerprint density at radius 3 is 2.63 bits per heavy atom. The van der Waals surface area contributed by atoms with Gasteiger partial charge in [0.1, 0.15) is 5.82 Å². The minimum atomic E-state index is -0.655. The van der Waals surface area contributed by atoms with Crippen molar-refractivity contribution in [3.05, 3.63) is 65.1 Å². The molecule has 264 valence electrons. The van der Waals surface area contributed by atoms with Gasteiger partial charge in [-0.2, -0.15) is 10.1 Å². The maximum absolute atomic E-state index is 11.6. The lowest BCUT2D eigenvalue weighted by Crippen LogP contribution is -2.46. The maximum atomic E-state index is 11.6.